The van der Waals surface area contributed by atoms with Gasteiger partial charge in [0.15, 0.2) is 0 Å². The summed E-state index contributed by atoms with van der Waals surface area (Å²) < 4.78 is 0. The van der Waals surface area contributed by atoms with E-state index >= 15 is 0 Å². The zero-order chi connectivity index (χ0) is 8.97. The molecule has 3 heteroatoms. The number of hydrogen-bond acceptors (Lipinski definition) is 3. The van der Waals surface area contributed by atoms with Gasteiger partial charge in [0.05, 0.1) is 6.54 Å². The molecular weight excluding hydrogens is 152 g/mol. The van der Waals surface area contributed by atoms with Gasteiger partial charge >= 0.3 is 0 Å². The Balaban J connectivity index is 2.33. The topological polar surface area (TPSA) is 32.3 Å². The fourth-order valence-corrected chi connectivity index (χ4v) is 1.46. The standard InChI is InChI=1S/C9H18N2O/c1-3-9(12)7-11-5-4-10-6-8(11)2/h8,10H,3-7H2,1-2H3. The Kier molecular flexibility index (Phi) is 3.69. The Morgan fingerprint density at radius 1 is 1.67 bits per heavy atom. The quantitative estimate of drug-likeness (QED) is 0.659. The fraction of sp³-hybridized carbons (Fsp3) is 0.889. The van der Waals surface area contributed by atoms with Crippen molar-refractivity contribution in [3.63, 3.8) is 0 Å². The van der Waals surface area contributed by atoms with Gasteiger partial charge in [0.2, 0.25) is 0 Å². The van der Waals surface area contributed by atoms with Crippen LogP contribution in [0, 0.1) is 0 Å². The lowest BCUT2D eigenvalue weighted by atomic mass is 10.2. The van der Waals surface area contributed by atoms with Gasteiger partial charge in [-0.25, -0.2) is 0 Å². The van der Waals surface area contributed by atoms with Gasteiger partial charge in [-0.1, -0.05) is 6.92 Å². The summed E-state index contributed by atoms with van der Waals surface area (Å²) in [6.07, 6.45) is 0.663. The second-order valence-corrected chi connectivity index (χ2v) is 3.42. The summed E-state index contributed by atoms with van der Waals surface area (Å²) >= 11 is 0. The Morgan fingerprint density at radius 3 is 3.00 bits per heavy atom. The summed E-state index contributed by atoms with van der Waals surface area (Å²) in [4.78, 5) is 13.4. The van der Waals surface area contributed by atoms with E-state index in [9.17, 15) is 4.79 Å². The van der Waals surface area contributed by atoms with Gasteiger partial charge in [0, 0.05) is 32.1 Å². The number of ketones is 1. The third-order valence-corrected chi connectivity index (χ3v) is 2.41. The van der Waals surface area contributed by atoms with E-state index in [0.717, 1.165) is 19.6 Å². The highest BCUT2D eigenvalue weighted by atomic mass is 16.1. The zero-order valence-electron chi connectivity index (χ0n) is 7.97. The molecule has 0 aromatic rings. The molecule has 0 spiro atoms. The summed E-state index contributed by atoms with van der Waals surface area (Å²) in [5.74, 6) is 0.351. The molecule has 0 bridgehead atoms. The van der Waals surface area contributed by atoms with Gasteiger partial charge < -0.3 is 5.32 Å². The molecule has 1 aliphatic heterocycles. The lowest BCUT2D eigenvalue weighted by Crippen LogP contribution is -2.51. The van der Waals surface area contributed by atoms with Crippen molar-refractivity contribution < 1.29 is 4.79 Å². The van der Waals surface area contributed by atoms with Crippen LogP contribution in [-0.2, 0) is 4.79 Å². The first-order chi connectivity index (χ1) is 5.74. The van der Waals surface area contributed by atoms with E-state index in [4.69, 9.17) is 0 Å². The van der Waals surface area contributed by atoms with E-state index in [-0.39, 0.29) is 0 Å². The molecule has 3 nitrogen and oxygen atoms in total. The normalized spacial score (nSPS) is 25.7. The molecule has 1 rings (SSSR count). The van der Waals surface area contributed by atoms with Crippen LogP contribution < -0.4 is 5.32 Å². The number of rotatable bonds is 3. The van der Waals surface area contributed by atoms with Crippen LogP contribution in [0.25, 0.3) is 0 Å². The molecule has 1 unspecified atom stereocenters. The van der Waals surface area contributed by atoms with Crippen LogP contribution in [0.2, 0.25) is 0 Å². The van der Waals surface area contributed by atoms with E-state index in [1.165, 1.54) is 0 Å². The van der Waals surface area contributed by atoms with Gasteiger partial charge in [0.1, 0.15) is 5.78 Å². The minimum Gasteiger partial charge on any atom is -0.314 e. The van der Waals surface area contributed by atoms with E-state index in [1.54, 1.807) is 0 Å². The van der Waals surface area contributed by atoms with Crippen molar-refractivity contribution in [3.8, 4) is 0 Å². The number of piperazine rings is 1. The van der Waals surface area contributed by atoms with Crippen LogP contribution in [0.15, 0.2) is 0 Å². The zero-order valence-corrected chi connectivity index (χ0v) is 7.97. The highest BCUT2D eigenvalue weighted by Gasteiger charge is 2.18. The fourth-order valence-electron chi connectivity index (χ4n) is 1.46. The average Bonchev–Trinajstić information content (AvgIpc) is 2.09. The lowest BCUT2D eigenvalue weighted by molar-refractivity contribution is -0.120. The largest absolute Gasteiger partial charge is 0.314 e. The minimum absolute atomic E-state index is 0.351. The average molecular weight is 170 g/mol. The SMILES string of the molecule is CCC(=O)CN1CCNCC1C. The molecule has 70 valence electrons. The van der Waals surface area contributed by atoms with Crippen LogP contribution in [0.3, 0.4) is 0 Å². The minimum atomic E-state index is 0.351. The van der Waals surface area contributed by atoms with E-state index < -0.39 is 0 Å². The van der Waals surface area contributed by atoms with Gasteiger partial charge in [-0.2, -0.15) is 0 Å². The molecule has 0 amide bonds. The lowest BCUT2D eigenvalue weighted by Gasteiger charge is -2.33. The van der Waals surface area contributed by atoms with Crippen molar-refractivity contribution in [2.24, 2.45) is 0 Å². The van der Waals surface area contributed by atoms with Crippen LogP contribution in [-0.4, -0.2) is 42.9 Å². The Hall–Kier alpha value is -0.410. The van der Waals surface area contributed by atoms with Crippen molar-refractivity contribution >= 4 is 5.78 Å². The molecule has 1 atom stereocenters. The monoisotopic (exact) mass is 170 g/mol. The Morgan fingerprint density at radius 2 is 2.42 bits per heavy atom. The molecule has 0 aromatic heterocycles. The van der Waals surface area contributed by atoms with E-state index in [0.29, 0.717) is 24.8 Å². The molecule has 0 radical (unpaired) electrons. The maximum atomic E-state index is 11.2. The first-order valence-electron chi connectivity index (χ1n) is 4.70. The van der Waals surface area contributed by atoms with Crippen LogP contribution in [0.1, 0.15) is 20.3 Å². The number of hydrogen-bond donors (Lipinski definition) is 1. The molecule has 1 aliphatic rings. The Labute approximate surface area is 74.1 Å². The molecule has 1 heterocycles. The van der Waals surface area contributed by atoms with E-state index in [1.807, 2.05) is 6.92 Å². The van der Waals surface area contributed by atoms with Gasteiger partial charge in [-0.3, -0.25) is 9.69 Å². The summed E-state index contributed by atoms with van der Waals surface area (Å²) in [6.45, 7) is 7.76. The Bertz CT molecular complexity index is 159. The molecule has 0 aromatic carbocycles. The van der Waals surface area contributed by atoms with Gasteiger partial charge in [-0.05, 0) is 6.92 Å². The molecule has 1 N–H and O–H groups in total. The third-order valence-electron chi connectivity index (χ3n) is 2.41. The summed E-state index contributed by atoms with van der Waals surface area (Å²) in [7, 11) is 0. The predicted octanol–water partition coefficient (Wildman–Crippen LogP) is 0.259. The molecule has 1 saturated heterocycles. The number of nitrogens with one attached hydrogen (secondary N) is 1. The predicted molar refractivity (Wildman–Crippen MR) is 49.2 cm³/mol. The number of carbonyl (C=O) groups excluding carboxylic acids is 1. The second-order valence-electron chi connectivity index (χ2n) is 3.42. The first kappa shape index (κ1) is 9.68. The maximum absolute atomic E-state index is 11.2. The van der Waals surface area contributed by atoms with Crippen molar-refractivity contribution in [1.82, 2.24) is 10.2 Å². The smallest absolute Gasteiger partial charge is 0.146 e. The number of Topliss-reactive ketones (excluding diaryl/α,β-unsaturated/α-hetero) is 1. The van der Waals surface area contributed by atoms with Crippen molar-refractivity contribution in [2.75, 3.05) is 26.2 Å². The summed E-state index contributed by atoms with van der Waals surface area (Å²) in [5, 5.41) is 3.30. The first-order valence-corrected chi connectivity index (χ1v) is 4.70. The van der Waals surface area contributed by atoms with E-state index in [2.05, 4.69) is 17.1 Å². The molecule has 0 aliphatic carbocycles. The number of carbonyl (C=O) groups is 1. The van der Waals surface area contributed by atoms with Crippen LogP contribution in [0.4, 0.5) is 0 Å². The third kappa shape index (κ3) is 2.57. The molecule has 0 saturated carbocycles. The highest BCUT2D eigenvalue weighted by molar-refractivity contribution is 5.80. The van der Waals surface area contributed by atoms with Crippen molar-refractivity contribution in [3.05, 3.63) is 0 Å². The van der Waals surface area contributed by atoms with Crippen molar-refractivity contribution in [1.29, 1.82) is 0 Å². The number of nitrogens with zero attached hydrogens (tertiary/aromatic N) is 1. The maximum Gasteiger partial charge on any atom is 0.146 e. The van der Waals surface area contributed by atoms with Crippen LogP contribution >= 0.6 is 0 Å². The molecular formula is C9H18N2O. The molecule has 12 heavy (non-hydrogen) atoms. The van der Waals surface area contributed by atoms with Gasteiger partial charge in [-0.15, -0.1) is 0 Å². The molecule has 1 fully saturated rings. The van der Waals surface area contributed by atoms with Crippen LogP contribution in [0.5, 0.6) is 0 Å². The summed E-state index contributed by atoms with van der Waals surface area (Å²) in [5.41, 5.74) is 0. The second kappa shape index (κ2) is 4.58. The highest BCUT2D eigenvalue weighted by Crippen LogP contribution is 2.02. The van der Waals surface area contributed by atoms with Crippen molar-refractivity contribution in [2.45, 2.75) is 26.3 Å². The van der Waals surface area contributed by atoms with Gasteiger partial charge in [0.25, 0.3) is 0 Å². The summed E-state index contributed by atoms with van der Waals surface area (Å²) in [6, 6.07) is 0.509.